The van der Waals surface area contributed by atoms with Gasteiger partial charge in [-0.05, 0) is 12.1 Å². The number of amides is 1. The third kappa shape index (κ3) is 1.55. The highest BCUT2D eigenvalue weighted by molar-refractivity contribution is 6.68. The number of nitrogens with zero attached hydrogens (tertiary/aromatic N) is 2. The standard InChI is InChI=1S/C9H7ClN2O/c10-8-6-9(13)12(11-8)7-4-2-1-3-5-7/h1-5H,6H2. The van der Waals surface area contributed by atoms with E-state index < -0.39 is 0 Å². The maximum absolute atomic E-state index is 11.3. The van der Waals surface area contributed by atoms with Crippen molar-refractivity contribution in [2.75, 3.05) is 5.01 Å². The molecule has 4 heteroatoms. The van der Waals surface area contributed by atoms with Gasteiger partial charge in [0.05, 0.1) is 12.1 Å². The van der Waals surface area contributed by atoms with Crippen LogP contribution >= 0.6 is 11.6 Å². The highest BCUT2D eigenvalue weighted by atomic mass is 35.5. The summed E-state index contributed by atoms with van der Waals surface area (Å²) >= 11 is 5.64. The molecule has 1 aromatic rings. The fourth-order valence-electron chi connectivity index (χ4n) is 1.17. The average molecular weight is 195 g/mol. The molecule has 2 rings (SSSR count). The summed E-state index contributed by atoms with van der Waals surface area (Å²) in [5, 5.41) is 5.57. The smallest absolute Gasteiger partial charge is 0.254 e. The monoisotopic (exact) mass is 194 g/mol. The Labute approximate surface area is 80.6 Å². The molecule has 0 fully saturated rings. The molecule has 0 saturated heterocycles. The van der Waals surface area contributed by atoms with Crippen LogP contribution in [0.25, 0.3) is 0 Å². The van der Waals surface area contributed by atoms with Crippen molar-refractivity contribution in [1.29, 1.82) is 0 Å². The number of benzene rings is 1. The minimum absolute atomic E-state index is 0.0869. The van der Waals surface area contributed by atoms with Crippen molar-refractivity contribution in [3.8, 4) is 0 Å². The number of rotatable bonds is 1. The van der Waals surface area contributed by atoms with Gasteiger partial charge in [-0.15, -0.1) is 0 Å². The first-order valence-electron chi connectivity index (χ1n) is 3.88. The molecule has 0 atom stereocenters. The van der Waals surface area contributed by atoms with E-state index in [1.807, 2.05) is 30.3 Å². The van der Waals surface area contributed by atoms with Crippen LogP contribution in [0.5, 0.6) is 0 Å². The normalized spacial score (nSPS) is 16.2. The molecular formula is C9H7ClN2O. The van der Waals surface area contributed by atoms with Crippen molar-refractivity contribution in [2.24, 2.45) is 5.10 Å². The maximum Gasteiger partial charge on any atom is 0.254 e. The average Bonchev–Trinajstić information content (AvgIpc) is 2.47. The quantitative estimate of drug-likeness (QED) is 0.673. The molecule has 0 spiro atoms. The summed E-state index contributed by atoms with van der Waals surface area (Å²) in [5.41, 5.74) is 0.753. The Morgan fingerprint density at radius 2 is 2.00 bits per heavy atom. The summed E-state index contributed by atoms with van der Waals surface area (Å²) < 4.78 is 0. The Morgan fingerprint density at radius 1 is 1.31 bits per heavy atom. The second-order valence-electron chi connectivity index (χ2n) is 2.69. The van der Waals surface area contributed by atoms with Crippen LogP contribution in [-0.4, -0.2) is 11.1 Å². The van der Waals surface area contributed by atoms with Crippen molar-refractivity contribution >= 4 is 28.4 Å². The van der Waals surface area contributed by atoms with Gasteiger partial charge in [0.15, 0.2) is 0 Å². The zero-order valence-corrected chi connectivity index (χ0v) is 7.53. The molecule has 66 valence electrons. The molecule has 13 heavy (non-hydrogen) atoms. The van der Waals surface area contributed by atoms with Crippen LogP contribution < -0.4 is 5.01 Å². The Hall–Kier alpha value is -1.35. The highest BCUT2D eigenvalue weighted by Crippen LogP contribution is 2.20. The molecule has 1 aliphatic heterocycles. The molecule has 1 amide bonds. The summed E-state index contributed by atoms with van der Waals surface area (Å²) in [6.45, 7) is 0. The van der Waals surface area contributed by atoms with Gasteiger partial charge in [-0.1, -0.05) is 29.8 Å². The first-order valence-corrected chi connectivity index (χ1v) is 4.26. The number of hydrogen-bond donors (Lipinski definition) is 0. The number of halogens is 1. The first-order chi connectivity index (χ1) is 6.27. The van der Waals surface area contributed by atoms with E-state index in [2.05, 4.69) is 5.10 Å². The molecule has 0 N–H and O–H groups in total. The minimum atomic E-state index is -0.0869. The Bertz CT molecular complexity index is 361. The molecule has 0 radical (unpaired) electrons. The van der Waals surface area contributed by atoms with E-state index in [9.17, 15) is 4.79 Å². The lowest BCUT2D eigenvalue weighted by molar-refractivity contribution is -0.116. The van der Waals surface area contributed by atoms with Crippen LogP contribution in [0.1, 0.15) is 6.42 Å². The topological polar surface area (TPSA) is 32.7 Å². The second-order valence-corrected chi connectivity index (χ2v) is 3.13. The van der Waals surface area contributed by atoms with E-state index in [0.717, 1.165) is 5.69 Å². The van der Waals surface area contributed by atoms with Crippen molar-refractivity contribution in [2.45, 2.75) is 6.42 Å². The van der Waals surface area contributed by atoms with Crippen LogP contribution in [0.3, 0.4) is 0 Å². The number of carbonyl (C=O) groups excluding carboxylic acids is 1. The third-order valence-electron chi connectivity index (χ3n) is 1.74. The van der Waals surface area contributed by atoms with Gasteiger partial charge in [0.25, 0.3) is 5.91 Å². The van der Waals surface area contributed by atoms with E-state index in [4.69, 9.17) is 11.6 Å². The van der Waals surface area contributed by atoms with E-state index >= 15 is 0 Å². The molecule has 1 heterocycles. The molecule has 0 unspecified atom stereocenters. The van der Waals surface area contributed by atoms with Gasteiger partial charge >= 0.3 is 0 Å². The van der Waals surface area contributed by atoms with Gasteiger partial charge < -0.3 is 0 Å². The largest absolute Gasteiger partial charge is 0.272 e. The molecule has 0 aromatic heterocycles. The fraction of sp³-hybridized carbons (Fsp3) is 0.111. The summed E-state index contributed by atoms with van der Waals surface area (Å²) in [5.74, 6) is -0.0869. The lowest BCUT2D eigenvalue weighted by atomic mass is 10.3. The summed E-state index contributed by atoms with van der Waals surface area (Å²) in [7, 11) is 0. The van der Waals surface area contributed by atoms with Crippen LogP contribution in [-0.2, 0) is 4.79 Å². The van der Waals surface area contributed by atoms with E-state index in [1.165, 1.54) is 5.01 Å². The van der Waals surface area contributed by atoms with Crippen molar-refractivity contribution in [3.05, 3.63) is 30.3 Å². The van der Waals surface area contributed by atoms with Gasteiger partial charge in [-0.25, -0.2) is 0 Å². The zero-order valence-electron chi connectivity index (χ0n) is 6.77. The number of carbonyl (C=O) groups is 1. The SMILES string of the molecule is O=C1CC(Cl)=NN1c1ccccc1. The summed E-state index contributed by atoms with van der Waals surface area (Å²) in [6.07, 6.45) is 0.205. The Balaban J connectivity index is 2.33. The lowest BCUT2D eigenvalue weighted by Crippen LogP contribution is -2.19. The maximum atomic E-state index is 11.3. The van der Waals surface area contributed by atoms with E-state index in [0.29, 0.717) is 5.17 Å². The second kappa shape index (κ2) is 3.18. The number of hydrogen-bond acceptors (Lipinski definition) is 2. The number of anilines is 1. The lowest BCUT2D eigenvalue weighted by Gasteiger charge is -2.10. The van der Waals surface area contributed by atoms with Gasteiger partial charge in [-0.2, -0.15) is 10.1 Å². The molecule has 1 aliphatic rings. The van der Waals surface area contributed by atoms with Gasteiger partial charge in [-0.3, -0.25) is 4.79 Å². The highest BCUT2D eigenvalue weighted by Gasteiger charge is 2.23. The predicted molar refractivity (Wildman–Crippen MR) is 51.8 cm³/mol. The molecular weight excluding hydrogens is 188 g/mol. The van der Waals surface area contributed by atoms with Gasteiger partial charge in [0.1, 0.15) is 5.17 Å². The van der Waals surface area contributed by atoms with Crippen molar-refractivity contribution < 1.29 is 4.79 Å². The number of para-hydroxylation sites is 1. The molecule has 0 bridgehead atoms. The van der Waals surface area contributed by atoms with Crippen molar-refractivity contribution in [3.63, 3.8) is 0 Å². The fourth-order valence-corrected chi connectivity index (χ4v) is 1.36. The van der Waals surface area contributed by atoms with E-state index in [1.54, 1.807) is 0 Å². The molecule has 0 aliphatic carbocycles. The predicted octanol–water partition coefficient (Wildman–Crippen LogP) is 1.98. The number of hydrazone groups is 1. The molecule has 1 aromatic carbocycles. The summed E-state index contributed by atoms with van der Waals surface area (Å²) in [4.78, 5) is 11.3. The first kappa shape index (κ1) is 8.26. The zero-order chi connectivity index (χ0) is 9.26. The van der Waals surface area contributed by atoms with Crippen LogP contribution in [0.15, 0.2) is 35.4 Å². The Morgan fingerprint density at radius 3 is 2.54 bits per heavy atom. The van der Waals surface area contributed by atoms with Crippen LogP contribution in [0.4, 0.5) is 5.69 Å². The van der Waals surface area contributed by atoms with Crippen molar-refractivity contribution in [1.82, 2.24) is 0 Å². The van der Waals surface area contributed by atoms with Crippen LogP contribution in [0.2, 0.25) is 0 Å². The molecule has 0 saturated carbocycles. The van der Waals surface area contributed by atoms with Gasteiger partial charge in [0.2, 0.25) is 0 Å². The van der Waals surface area contributed by atoms with E-state index in [-0.39, 0.29) is 12.3 Å². The van der Waals surface area contributed by atoms with Crippen LogP contribution in [0, 0.1) is 0 Å². The minimum Gasteiger partial charge on any atom is -0.272 e. The summed E-state index contributed by atoms with van der Waals surface area (Å²) in [6, 6.07) is 9.22. The third-order valence-corrected chi connectivity index (χ3v) is 1.95. The van der Waals surface area contributed by atoms with Gasteiger partial charge in [0, 0.05) is 0 Å². The Kier molecular flexibility index (Phi) is 2.02. The molecule has 3 nitrogen and oxygen atoms in total.